The van der Waals surface area contributed by atoms with Crippen LogP contribution in [0.3, 0.4) is 0 Å². The first kappa shape index (κ1) is 12.2. The van der Waals surface area contributed by atoms with Crippen molar-refractivity contribution < 1.29 is 4.74 Å². The van der Waals surface area contributed by atoms with Gasteiger partial charge in [0.2, 0.25) is 0 Å². The predicted molar refractivity (Wildman–Crippen MR) is 69.4 cm³/mol. The molecule has 1 heterocycles. The van der Waals surface area contributed by atoms with Gasteiger partial charge in [-0.1, -0.05) is 6.07 Å². The fourth-order valence-corrected chi connectivity index (χ4v) is 2.16. The van der Waals surface area contributed by atoms with Crippen molar-refractivity contribution in [3.63, 3.8) is 0 Å². The van der Waals surface area contributed by atoms with Crippen LogP contribution >= 0.6 is 0 Å². The monoisotopic (exact) mass is 241 g/mol. The molecule has 4 heteroatoms. The van der Waals surface area contributed by atoms with Gasteiger partial charge in [-0.05, 0) is 31.0 Å². The highest BCUT2D eigenvalue weighted by Crippen LogP contribution is 2.34. The van der Waals surface area contributed by atoms with Crippen molar-refractivity contribution in [1.82, 2.24) is 9.55 Å². The lowest BCUT2D eigenvalue weighted by Gasteiger charge is -2.11. The third-order valence-corrected chi connectivity index (χ3v) is 2.92. The molecule has 1 aromatic carbocycles. The smallest absolute Gasteiger partial charge is 0.147 e. The number of rotatable bonds is 2. The summed E-state index contributed by atoms with van der Waals surface area (Å²) < 4.78 is 7.15. The van der Waals surface area contributed by atoms with E-state index in [1.54, 1.807) is 18.0 Å². The number of aromatic nitrogens is 2. The number of nitrogens with zero attached hydrogens (tertiary/aromatic N) is 3. The Morgan fingerprint density at radius 3 is 2.67 bits per heavy atom. The molecule has 0 spiro atoms. The van der Waals surface area contributed by atoms with Gasteiger partial charge in [0.25, 0.3) is 0 Å². The lowest BCUT2D eigenvalue weighted by atomic mass is 10.0. The summed E-state index contributed by atoms with van der Waals surface area (Å²) in [5.41, 5.74) is 4.24. The molecule has 0 fully saturated rings. The molecule has 0 atom stereocenters. The maximum Gasteiger partial charge on any atom is 0.147 e. The summed E-state index contributed by atoms with van der Waals surface area (Å²) in [4.78, 5) is 4.31. The quantitative estimate of drug-likeness (QED) is 0.812. The van der Waals surface area contributed by atoms with Gasteiger partial charge in [-0.2, -0.15) is 5.26 Å². The summed E-state index contributed by atoms with van der Waals surface area (Å²) in [5, 5.41) is 9.20. The van der Waals surface area contributed by atoms with Crippen molar-refractivity contribution in [3.8, 4) is 23.1 Å². The molecule has 4 nitrogen and oxygen atoms in total. The second kappa shape index (κ2) is 4.53. The first-order valence-corrected chi connectivity index (χ1v) is 5.65. The van der Waals surface area contributed by atoms with E-state index in [2.05, 4.69) is 17.1 Å². The van der Waals surface area contributed by atoms with Gasteiger partial charge < -0.3 is 9.30 Å². The van der Waals surface area contributed by atoms with E-state index >= 15 is 0 Å². The zero-order valence-corrected chi connectivity index (χ0v) is 11.0. The SMILES string of the molecule is COc1c(C)cc(C)cc1-c1ncn(C)c1C#N. The van der Waals surface area contributed by atoms with Crippen LogP contribution in [0.15, 0.2) is 18.5 Å². The van der Waals surface area contributed by atoms with Crippen LogP contribution < -0.4 is 4.74 Å². The molecular formula is C14H15N3O. The Morgan fingerprint density at radius 2 is 2.06 bits per heavy atom. The molecule has 1 aromatic heterocycles. The van der Waals surface area contributed by atoms with Crippen molar-refractivity contribution in [2.24, 2.45) is 7.05 Å². The molecule has 92 valence electrons. The number of benzene rings is 1. The van der Waals surface area contributed by atoms with Crippen LogP contribution in [-0.2, 0) is 7.05 Å². The second-order valence-electron chi connectivity index (χ2n) is 4.33. The summed E-state index contributed by atoms with van der Waals surface area (Å²) in [5.74, 6) is 0.774. The summed E-state index contributed by atoms with van der Waals surface area (Å²) in [7, 11) is 3.44. The standard InChI is InChI=1S/C14H15N3O/c1-9-5-10(2)14(18-4)11(6-9)13-12(7-15)17(3)8-16-13/h5-6,8H,1-4H3. The van der Waals surface area contributed by atoms with Crippen LogP contribution in [-0.4, -0.2) is 16.7 Å². The molecule has 0 unspecified atom stereocenters. The fraction of sp³-hybridized carbons (Fsp3) is 0.286. The molecule has 0 N–H and O–H groups in total. The van der Waals surface area contributed by atoms with Crippen LogP contribution in [0.4, 0.5) is 0 Å². The number of hydrogen-bond acceptors (Lipinski definition) is 3. The Balaban J connectivity index is 2.75. The summed E-state index contributed by atoms with van der Waals surface area (Å²) >= 11 is 0. The Hall–Kier alpha value is -2.28. The fourth-order valence-electron chi connectivity index (χ4n) is 2.16. The van der Waals surface area contributed by atoms with E-state index in [-0.39, 0.29) is 0 Å². The van der Waals surface area contributed by atoms with Crippen LogP contribution in [0.25, 0.3) is 11.3 Å². The van der Waals surface area contributed by atoms with Gasteiger partial charge >= 0.3 is 0 Å². The summed E-state index contributed by atoms with van der Waals surface area (Å²) in [6.45, 7) is 4.01. The zero-order chi connectivity index (χ0) is 13.3. The van der Waals surface area contributed by atoms with E-state index in [0.717, 1.165) is 22.4 Å². The van der Waals surface area contributed by atoms with Crippen LogP contribution in [0, 0.1) is 25.2 Å². The van der Waals surface area contributed by atoms with Crippen molar-refractivity contribution in [2.75, 3.05) is 7.11 Å². The lowest BCUT2D eigenvalue weighted by molar-refractivity contribution is 0.413. The van der Waals surface area contributed by atoms with E-state index in [9.17, 15) is 5.26 Å². The van der Waals surface area contributed by atoms with Crippen LogP contribution in [0.5, 0.6) is 5.75 Å². The molecule has 0 radical (unpaired) electrons. The first-order valence-electron chi connectivity index (χ1n) is 5.65. The molecule has 0 aliphatic heterocycles. The average molecular weight is 241 g/mol. The number of aryl methyl sites for hydroxylation is 3. The average Bonchev–Trinajstić information content (AvgIpc) is 2.69. The lowest BCUT2D eigenvalue weighted by Crippen LogP contribution is -1.96. The number of hydrogen-bond donors (Lipinski definition) is 0. The van der Waals surface area contributed by atoms with Crippen molar-refractivity contribution in [2.45, 2.75) is 13.8 Å². The highest BCUT2D eigenvalue weighted by molar-refractivity contribution is 5.73. The minimum absolute atomic E-state index is 0.540. The highest BCUT2D eigenvalue weighted by atomic mass is 16.5. The van der Waals surface area contributed by atoms with Gasteiger partial charge in [-0.15, -0.1) is 0 Å². The minimum atomic E-state index is 0.540. The van der Waals surface area contributed by atoms with E-state index in [4.69, 9.17) is 4.74 Å². The van der Waals surface area contributed by atoms with Gasteiger partial charge in [0, 0.05) is 12.6 Å². The minimum Gasteiger partial charge on any atom is -0.496 e. The van der Waals surface area contributed by atoms with E-state index < -0.39 is 0 Å². The van der Waals surface area contributed by atoms with Gasteiger partial charge in [-0.3, -0.25) is 0 Å². The molecule has 0 bridgehead atoms. The molecule has 2 rings (SSSR count). The Labute approximate surface area is 106 Å². The molecule has 0 aliphatic carbocycles. The number of imidazole rings is 1. The van der Waals surface area contributed by atoms with Crippen molar-refractivity contribution in [1.29, 1.82) is 5.26 Å². The van der Waals surface area contributed by atoms with Gasteiger partial charge in [0.1, 0.15) is 23.2 Å². The second-order valence-corrected chi connectivity index (χ2v) is 4.33. The van der Waals surface area contributed by atoms with Crippen LogP contribution in [0.2, 0.25) is 0 Å². The Bertz CT molecular complexity index is 635. The zero-order valence-electron chi connectivity index (χ0n) is 11.0. The Morgan fingerprint density at radius 1 is 1.33 bits per heavy atom. The maximum absolute atomic E-state index is 9.20. The van der Waals surface area contributed by atoms with Gasteiger partial charge in [0.15, 0.2) is 0 Å². The van der Waals surface area contributed by atoms with E-state index in [1.165, 1.54) is 0 Å². The largest absolute Gasteiger partial charge is 0.496 e. The molecule has 18 heavy (non-hydrogen) atoms. The van der Waals surface area contributed by atoms with Crippen molar-refractivity contribution >= 4 is 0 Å². The first-order chi connectivity index (χ1) is 8.58. The normalized spacial score (nSPS) is 10.2. The van der Waals surface area contributed by atoms with Crippen molar-refractivity contribution in [3.05, 3.63) is 35.3 Å². The number of nitriles is 1. The van der Waals surface area contributed by atoms with Gasteiger partial charge in [0.05, 0.1) is 13.4 Å². The molecule has 0 aliphatic rings. The van der Waals surface area contributed by atoms with E-state index in [1.807, 2.05) is 27.0 Å². The van der Waals surface area contributed by atoms with Crippen LogP contribution in [0.1, 0.15) is 16.8 Å². The highest BCUT2D eigenvalue weighted by Gasteiger charge is 2.16. The molecule has 0 saturated carbocycles. The third-order valence-electron chi connectivity index (χ3n) is 2.92. The topological polar surface area (TPSA) is 50.8 Å². The molecular weight excluding hydrogens is 226 g/mol. The summed E-state index contributed by atoms with van der Waals surface area (Å²) in [6, 6.07) is 6.23. The number of ether oxygens (including phenoxy) is 1. The summed E-state index contributed by atoms with van der Waals surface area (Å²) in [6.07, 6.45) is 1.64. The molecule has 2 aromatic rings. The van der Waals surface area contributed by atoms with Gasteiger partial charge in [-0.25, -0.2) is 4.98 Å². The maximum atomic E-state index is 9.20. The van der Waals surface area contributed by atoms with E-state index in [0.29, 0.717) is 11.4 Å². The molecule has 0 saturated heterocycles. The Kier molecular flexibility index (Phi) is 3.07. The third kappa shape index (κ3) is 1.84. The predicted octanol–water partition coefficient (Wildman–Crippen LogP) is 2.58. The number of methoxy groups -OCH3 is 1. The molecule has 0 amide bonds.